The monoisotopic (exact) mass is 465 g/mol. The highest BCUT2D eigenvalue weighted by Crippen LogP contribution is 2.28. The number of piperazine rings is 1. The van der Waals surface area contributed by atoms with Crippen molar-refractivity contribution in [3.63, 3.8) is 0 Å². The fraction of sp³-hybridized carbons (Fsp3) is 0.360. The molecule has 2 fully saturated rings. The summed E-state index contributed by atoms with van der Waals surface area (Å²) in [6.45, 7) is 2.56. The number of amides is 1. The van der Waals surface area contributed by atoms with Gasteiger partial charge >= 0.3 is 0 Å². The van der Waals surface area contributed by atoms with Gasteiger partial charge in [0.2, 0.25) is 0 Å². The Morgan fingerprint density at radius 3 is 2.42 bits per heavy atom. The first-order chi connectivity index (χ1) is 15.9. The number of carbonyl (C=O) groups is 1. The van der Waals surface area contributed by atoms with E-state index in [0.29, 0.717) is 38.2 Å². The van der Waals surface area contributed by atoms with Crippen molar-refractivity contribution in [2.45, 2.75) is 12.5 Å². The molecule has 1 aromatic heterocycles. The number of methoxy groups -OCH3 is 1. The van der Waals surface area contributed by atoms with Gasteiger partial charge in [-0.15, -0.1) is 0 Å². The molecule has 0 radical (unpaired) electrons. The molecule has 3 aromatic rings. The Kier molecular flexibility index (Phi) is 5.80. The number of nitrogens with zero attached hydrogens (tertiary/aromatic N) is 3. The summed E-state index contributed by atoms with van der Waals surface area (Å²) in [7, 11) is -1.28. The van der Waals surface area contributed by atoms with Gasteiger partial charge in [0, 0.05) is 43.2 Å². The molecule has 2 aliphatic rings. The maximum atomic E-state index is 13.6. The molecule has 0 unspecified atom stereocenters. The Bertz CT molecular complexity index is 1280. The maximum absolute atomic E-state index is 13.6. The molecule has 172 valence electrons. The number of hydrogen-bond acceptors (Lipinski definition) is 6. The number of rotatable bonds is 4. The minimum absolute atomic E-state index is 0.0120. The highest BCUT2D eigenvalue weighted by atomic mass is 32.2. The Labute approximate surface area is 193 Å². The second-order valence-corrected chi connectivity index (χ2v) is 10.9. The van der Waals surface area contributed by atoms with E-state index in [1.807, 2.05) is 59.5 Å². The lowest BCUT2D eigenvalue weighted by Crippen LogP contribution is -2.52. The molecule has 0 N–H and O–H groups in total. The fourth-order valence-corrected chi connectivity index (χ4v) is 6.55. The van der Waals surface area contributed by atoms with Gasteiger partial charge in [-0.05, 0) is 42.8 Å². The quantitative estimate of drug-likeness (QED) is 0.590. The first-order valence-corrected chi connectivity index (χ1v) is 13.0. The third-order valence-corrected chi connectivity index (χ3v) is 8.41. The molecule has 7 nitrogen and oxygen atoms in total. The van der Waals surface area contributed by atoms with Gasteiger partial charge in [0.25, 0.3) is 5.91 Å². The molecule has 2 saturated heterocycles. The predicted molar refractivity (Wildman–Crippen MR) is 128 cm³/mol. The van der Waals surface area contributed by atoms with Gasteiger partial charge in [-0.1, -0.05) is 18.2 Å². The fourth-order valence-electron chi connectivity index (χ4n) is 4.79. The molecule has 5 rings (SSSR count). The normalized spacial score (nSPS) is 20.8. The van der Waals surface area contributed by atoms with Crippen molar-refractivity contribution >= 4 is 26.6 Å². The molecule has 0 bridgehead atoms. The van der Waals surface area contributed by atoms with E-state index in [1.165, 1.54) is 0 Å². The van der Waals surface area contributed by atoms with Gasteiger partial charge in [0.1, 0.15) is 5.75 Å². The minimum Gasteiger partial charge on any atom is -0.497 e. The zero-order valence-electron chi connectivity index (χ0n) is 18.6. The summed E-state index contributed by atoms with van der Waals surface area (Å²) >= 11 is 0. The van der Waals surface area contributed by atoms with Crippen LogP contribution in [0.2, 0.25) is 0 Å². The molecular weight excluding hydrogens is 438 g/mol. The molecule has 2 aromatic carbocycles. The number of aromatic nitrogens is 1. The summed E-state index contributed by atoms with van der Waals surface area (Å²) in [5.41, 5.74) is 3.09. The Balaban J connectivity index is 1.40. The summed E-state index contributed by atoms with van der Waals surface area (Å²) in [5.74, 6) is 1.26. The van der Waals surface area contributed by atoms with Crippen LogP contribution in [0.4, 0.5) is 0 Å². The zero-order valence-corrected chi connectivity index (χ0v) is 19.4. The number of ether oxygens (including phenoxy) is 1. The van der Waals surface area contributed by atoms with Gasteiger partial charge < -0.3 is 9.64 Å². The number of fused-ring (bicyclic) bond motifs is 1. The topological polar surface area (TPSA) is 79.8 Å². The zero-order chi connectivity index (χ0) is 23.0. The van der Waals surface area contributed by atoms with E-state index in [0.717, 1.165) is 27.9 Å². The van der Waals surface area contributed by atoms with Gasteiger partial charge in [0.05, 0.1) is 35.4 Å². The Morgan fingerprint density at radius 1 is 1.03 bits per heavy atom. The van der Waals surface area contributed by atoms with Crippen molar-refractivity contribution in [3.8, 4) is 17.0 Å². The van der Waals surface area contributed by atoms with Crippen molar-refractivity contribution < 1.29 is 17.9 Å². The molecule has 1 atom stereocenters. The number of carbonyl (C=O) groups excluding carboxylic acids is 1. The third-order valence-electron chi connectivity index (χ3n) is 6.66. The molecule has 33 heavy (non-hydrogen) atoms. The van der Waals surface area contributed by atoms with Gasteiger partial charge in [-0.25, -0.2) is 13.4 Å². The summed E-state index contributed by atoms with van der Waals surface area (Å²) < 4.78 is 28.9. The molecule has 2 aliphatic heterocycles. The second-order valence-electron chi connectivity index (χ2n) is 8.69. The standard InChI is InChI=1S/C25H27N3O4S/c1-32-20-8-6-18(7-9-20)24-16-22(21-4-2-3-5-23(21)26-24)25(29)28-13-11-27(12-14-28)19-10-15-33(30,31)17-19/h2-9,16,19H,10-15,17H2,1H3/t19-/m1/s1. The summed E-state index contributed by atoms with van der Waals surface area (Å²) in [4.78, 5) is 22.5. The molecule has 0 aliphatic carbocycles. The van der Waals surface area contributed by atoms with Crippen LogP contribution in [0.3, 0.4) is 0 Å². The Hall–Kier alpha value is -2.97. The molecule has 0 saturated carbocycles. The van der Waals surface area contributed by atoms with E-state index in [2.05, 4.69) is 4.90 Å². The van der Waals surface area contributed by atoms with Crippen LogP contribution in [0.15, 0.2) is 54.6 Å². The first-order valence-electron chi connectivity index (χ1n) is 11.2. The summed E-state index contributed by atoms with van der Waals surface area (Å²) in [6.07, 6.45) is 0.691. The van der Waals surface area contributed by atoms with Crippen LogP contribution in [-0.4, -0.2) is 79.9 Å². The van der Waals surface area contributed by atoms with Crippen LogP contribution in [0.25, 0.3) is 22.2 Å². The molecule has 8 heteroatoms. The van der Waals surface area contributed by atoms with Gasteiger partial charge in [-0.2, -0.15) is 0 Å². The van der Waals surface area contributed by atoms with E-state index in [1.54, 1.807) is 7.11 Å². The van der Waals surface area contributed by atoms with E-state index in [4.69, 9.17) is 9.72 Å². The molecule has 1 amide bonds. The lowest BCUT2D eigenvalue weighted by molar-refractivity contribution is 0.0589. The van der Waals surface area contributed by atoms with Crippen LogP contribution in [-0.2, 0) is 9.84 Å². The minimum atomic E-state index is -2.91. The summed E-state index contributed by atoms with van der Waals surface area (Å²) in [6, 6.07) is 17.3. The second kappa shape index (κ2) is 8.76. The van der Waals surface area contributed by atoms with E-state index < -0.39 is 9.84 Å². The molecular formula is C25H27N3O4S. The summed E-state index contributed by atoms with van der Waals surface area (Å²) in [5, 5.41) is 0.837. The maximum Gasteiger partial charge on any atom is 0.254 e. The van der Waals surface area contributed by atoms with Crippen LogP contribution in [0, 0.1) is 0 Å². The number of sulfone groups is 1. The Morgan fingerprint density at radius 2 is 1.76 bits per heavy atom. The smallest absolute Gasteiger partial charge is 0.254 e. The van der Waals surface area contributed by atoms with Crippen LogP contribution in [0.1, 0.15) is 16.8 Å². The number of para-hydroxylation sites is 1. The van der Waals surface area contributed by atoms with Crippen LogP contribution in [0.5, 0.6) is 5.75 Å². The average molecular weight is 466 g/mol. The van der Waals surface area contributed by atoms with Crippen molar-refractivity contribution in [2.75, 3.05) is 44.8 Å². The van der Waals surface area contributed by atoms with E-state index in [9.17, 15) is 13.2 Å². The number of hydrogen-bond donors (Lipinski definition) is 0. The van der Waals surface area contributed by atoms with Crippen molar-refractivity contribution in [2.24, 2.45) is 0 Å². The largest absolute Gasteiger partial charge is 0.497 e. The average Bonchev–Trinajstić information content (AvgIpc) is 3.22. The van der Waals surface area contributed by atoms with E-state index in [-0.39, 0.29) is 23.5 Å². The van der Waals surface area contributed by atoms with Crippen LogP contribution >= 0.6 is 0 Å². The number of pyridine rings is 1. The van der Waals surface area contributed by atoms with E-state index >= 15 is 0 Å². The first kappa shape index (κ1) is 21.9. The number of benzene rings is 2. The lowest BCUT2D eigenvalue weighted by Gasteiger charge is -2.37. The SMILES string of the molecule is COc1ccc(-c2cc(C(=O)N3CCN([C@@H]4CCS(=O)(=O)C4)CC3)c3ccccc3n2)cc1. The van der Waals surface area contributed by atoms with Crippen molar-refractivity contribution in [3.05, 3.63) is 60.2 Å². The van der Waals surface area contributed by atoms with Gasteiger partial charge in [-0.3, -0.25) is 9.69 Å². The third kappa shape index (κ3) is 4.45. The van der Waals surface area contributed by atoms with Gasteiger partial charge in [0.15, 0.2) is 9.84 Å². The lowest BCUT2D eigenvalue weighted by atomic mass is 10.0. The van der Waals surface area contributed by atoms with Crippen LogP contribution < -0.4 is 4.74 Å². The predicted octanol–water partition coefficient (Wildman–Crippen LogP) is 2.86. The van der Waals surface area contributed by atoms with Crippen molar-refractivity contribution in [1.82, 2.24) is 14.8 Å². The molecule has 0 spiro atoms. The highest BCUT2D eigenvalue weighted by molar-refractivity contribution is 7.91. The van der Waals surface area contributed by atoms with Crippen molar-refractivity contribution in [1.29, 1.82) is 0 Å². The highest BCUT2D eigenvalue weighted by Gasteiger charge is 2.34. The molecule has 3 heterocycles.